The molecule has 1 N–H and O–H groups in total. The smallest absolute Gasteiger partial charge is 0.292 e. The van der Waals surface area contributed by atoms with Crippen molar-refractivity contribution in [3.63, 3.8) is 0 Å². The largest absolute Gasteiger partial charge is 0.497 e. The van der Waals surface area contributed by atoms with Crippen LogP contribution in [0.1, 0.15) is 16.8 Å². The van der Waals surface area contributed by atoms with Gasteiger partial charge >= 0.3 is 0 Å². The van der Waals surface area contributed by atoms with E-state index in [1.54, 1.807) is 12.1 Å². The number of carbonyl (C=O) groups excluding carboxylic acids is 3. The molecule has 0 saturated carbocycles. The number of anilines is 1. The zero-order chi connectivity index (χ0) is 16.8. The van der Waals surface area contributed by atoms with E-state index in [2.05, 4.69) is 5.32 Å². The molecule has 0 bridgehead atoms. The molecule has 0 saturated heterocycles. The zero-order valence-corrected chi connectivity index (χ0v) is 12.3. The number of benzene rings is 2. The maximum absolute atomic E-state index is 12.8. The number of ether oxygens (including phenoxy) is 1. The first kappa shape index (κ1) is 16.4. The van der Waals surface area contributed by atoms with E-state index < -0.39 is 29.7 Å². The molecule has 0 fully saturated rings. The highest BCUT2D eigenvalue weighted by atomic mass is 19.1. The molecular formula is C17H14FNO4. The third kappa shape index (κ3) is 4.47. The minimum Gasteiger partial charge on any atom is -0.497 e. The van der Waals surface area contributed by atoms with Gasteiger partial charge in [0.05, 0.1) is 13.5 Å². The predicted octanol–water partition coefficient (Wildman–Crippen LogP) is 2.61. The molecule has 0 heterocycles. The molecular weight excluding hydrogens is 301 g/mol. The van der Waals surface area contributed by atoms with Crippen molar-refractivity contribution in [3.8, 4) is 5.75 Å². The summed E-state index contributed by atoms with van der Waals surface area (Å²) in [5.41, 5.74) is 0.593. The lowest BCUT2D eigenvalue weighted by Gasteiger charge is -2.05. The van der Waals surface area contributed by atoms with Gasteiger partial charge in [-0.05, 0) is 48.5 Å². The summed E-state index contributed by atoms with van der Waals surface area (Å²) in [6, 6.07) is 11.2. The van der Waals surface area contributed by atoms with Crippen LogP contribution in [0.3, 0.4) is 0 Å². The van der Waals surface area contributed by atoms with Crippen LogP contribution in [0, 0.1) is 5.82 Å². The average Bonchev–Trinajstić information content (AvgIpc) is 2.56. The van der Waals surface area contributed by atoms with Gasteiger partial charge in [0.2, 0.25) is 5.78 Å². The van der Waals surface area contributed by atoms with Gasteiger partial charge in [-0.2, -0.15) is 0 Å². The summed E-state index contributed by atoms with van der Waals surface area (Å²) in [6.45, 7) is 0. The molecule has 2 aromatic carbocycles. The Morgan fingerprint density at radius 3 is 2.17 bits per heavy atom. The topological polar surface area (TPSA) is 72.5 Å². The molecule has 0 unspecified atom stereocenters. The van der Waals surface area contributed by atoms with Crippen molar-refractivity contribution in [2.24, 2.45) is 0 Å². The number of rotatable bonds is 6. The SMILES string of the molecule is COc1ccc(C(=O)CC(=O)C(=O)Nc2ccc(F)cc2)cc1. The van der Waals surface area contributed by atoms with Crippen LogP contribution in [-0.4, -0.2) is 24.6 Å². The van der Waals surface area contributed by atoms with Crippen molar-refractivity contribution >= 4 is 23.2 Å². The van der Waals surface area contributed by atoms with Gasteiger partial charge in [0.1, 0.15) is 11.6 Å². The van der Waals surface area contributed by atoms with E-state index in [1.807, 2.05) is 0 Å². The number of ketones is 2. The van der Waals surface area contributed by atoms with Crippen LogP contribution in [0.15, 0.2) is 48.5 Å². The molecule has 6 heteroatoms. The fraction of sp³-hybridized carbons (Fsp3) is 0.118. The third-order valence-electron chi connectivity index (χ3n) is 3.09. The highest BCUT2D eigenvalue weighted by Gasteiger charge is 2.19. The summed E-state index contributed by atoms with van der Waals surface area (Å²) in [6.07, 6.45) is -0.542. The number of nitrogens with one attached hydrogen (secondary N) is 1. The van der Waals surface area contributed by atoms with Gasteiger partial charge in [-0.15, -0.1) is 0 Å². The third-order valence-corrected chi connectivity index (χ3v) is 3.09. The maximum Gasteiger partial charge on any atom is 0.292 e. The van der Waals surface area contributed by atoms with E-state index in [-0.39, 0.29) is 5.69 Å². The molecule has 0 aliphatic heterocycles. The average molecular weight is 315 g/mol. The Labute approximate surface area is 132 Å². The number of halogens is 1. The highest BCUT2D eigenvalue weighted by molar-refractivity contribution is 6.44. The molecule has 0 radical (unpaired) electrons. The van der Waals surface area contributed by atoms with Crippen LogP contribution in [0.2, 0.25) is 0 Å². The molecule has 0 aliphatic carbocycles. The molecule has 0 aliphatic rings. The van der Waals surface area contributed by atoms with E-state index in [1.165, 1.54) is 31.4 Å². The molecule has 1 amide bonds. The molecule has 0 spiro atoms. The van der Waals surface area contributed by atoms with Gasteiger partial charge < -0.3 is 10.1 Å². The van der Waals surface area contributed by atoms with Crippen molar-refractivity contribution in [1.29, 1.82) is 0 Å². The summed E-state index contributed by atoms with van der Waals surface area (Å²) in [4.78, 5) is 35.5. The number of hydrogen-bond acceptors (Lipinski definition) is 4. The van der Waals surface area contributed by atoms with Crippen molar-refractivity contribution in [3.05, 3.63) is 59.9 Å². The summed E-state index contributed by atoms with van der Waals surface area (Å²) >= 11 is 0. The lowest BCUT2D eigenvalue weighted by Crippen LogP contribution is -2.25. The molecule has 23 heavy (non-hydrogen) atoms. The van der Waals surface area contributed by atoms with Gasteiger partial charge in [-0.1, -0.05) is 0 Å². The Morgan fingerprint density at radius 2 is 1.61 bits per heavy atom. The number of hydrogen-bond donors (Lipinski definition) is 1. The second-order valence-electron chi connectivity index (χ2n) is 4.71. The van der Waals surface area contributed by atoms with Crippen LogP contribution in [-0.2, 0) is 9.59 Å². The first-order chi connectivity index (χ1) is 11.0. The van der Waals surface area contributed by atoms with Crippen LogP contribution >= 0.6 is 0 Å². The zero-order valence-electron chi connectivity index (χ0n) is 12.3. The normalized spacial score (nSPS) is 10.0. The monoisotopic (exact) mass is 315 g/mol. The number of Topliss-reactive ketones (excluding diaryl/α,β-unsaturated/α-hetero) is 2. The predicted molar refractivity (Wildman–Crippen MR) is 82.0 cm³/mol. The summed E-state index contributed by atoms with van der Waals surface area (Å²) in [5.74, 6) is -2.12. The molecule has 5 nitrogen and oxygen atoms in total. The lowest BCUT2D eigenvalue weighted by molar-refractivity contribution is -0.134. The highest BCUT2D eigenvalue weighted by Crippen LogP contribution is 2.13. The summed E-state index contributed by atoms with van der Waals surface area (Å²) < 4.78 is 17.7. The number of amides is 1. The Kier molecular flexibility index (Phi) is 5.19. The standard InChI is InChI=1S/C17H14FNO4/c1-23-14-8-2-11(3-9-14)15(20)10-16(21)17(22)19-13-6-4-12(18)5-7-13/h2-9H,10H2,1H3,(H,19,22). The van der Waals surface area contributed by atoms with Crippen molar-refractivity contribution < 1.29 is 23.5 Å². The molecule has 0 atom stereocenters. The molecule has 118 valence electrons. The Balaban J connectivity index is 1.95. The van der Waals surface area contributed by atoms with Gasteiger partial charge in [0.25, 0.3) is 5.91 Å². The second-order valence-corrected chi connectivity index (χ2v) is 4.71. The van der Waals surface area contributed by atoms with Crippen molar-refractivity contribution in [2.75, 3.05) is 12.4 Å². The van der Waals surface area contributed by atoms with E-state index in [0.717, 1.165) is 12.1 Å². The van der Waals surface area contributed by atoms with E-state index in [4.69, 9.17) is 4.74 Å². The fourth-order valence-electron chi connectivity index (χ4n) is 1.84. The van der Waals surface area contributed by atoms with E-state index in [9.17, 15) is 18.8 Å². The Morgan fingerprint density at radius 1 is 1.00 bits per heavy atom. The molecule has 2 aromatic rings. The number of carbonyl (C=O) groups is 3. The van der Waals surface area contributed by atoms with Crippen LogP contribution in [0.4, 0.5) is 10.1 Å². The van der Waals surface area contributed by atoms with Crippen molar-refractivity contribution in [1.82, 2.24) is 0 Å². The van der Waals surface area contributed by atoms with Gasteiger partial charge in [0, 0.05) is 11.3 Å². The summed E-state index contributed by atoms with van der Waals surface area (Å²) in [7, 11) is 1.50. The van der Waals surface area contributed by atoms with Crippen LogP contribution < -0.4 is 10.1 Å². The van der Waals surface area contributed by atoms with Crippen LogP contribution in [0.25, 0.3) is 0 Å². The first-order valence-corrected chi connectivity index (χ1v) is 6.76. The second kappa shape index (κ2) is 7.31. The molecule has 2 rings (SSSR count). The van der Waals surface area contributed by atoms with Crippen molar-refractivity contribution in [2.45, 2.75) is 6.42 Å². The minimum absolute atomic E-state index is 0.279. The fourth-order valence-corrected chi connectivity index (χ4v) is 1.84. The Bertz CT molecular complexity index is 723. The van der Waals surface area contributed by atoms with Gasteiger partial charge in [-0.3, -0.25) is 14.4 Å². The van der Waals surface area contributed by atoms with E-state index in [0.29, 0.717) is 11.3 Å². The number of methoxy groups -OCH3 is 1. The van der Waals surface area contributed by atoms with Crippen LogP contribution in [0.5, 0.6) is 5.75 Å². The van der Waals surface area contributed by atoms with Gasteiger partial charge in [-0.25, -0.2) is 4.39 Å². The Hall–Kier alpha value is -3.02. The lowest BCUT2D eigenvalue weighted by atomic mass is 10.1. The quantitative estimate of drug-likeness (QED) is 0.505. The van der Waals surface area contributed by atoms with Gasteiger partial charge in [0.15, 0.2) is 5.78 Å². The summed E-state index contributed by atoms with van der Waals surface area (Å²) in [5, 5.41) is 2.32. The van der Waals surface area contributed by atoms with E-state index >= 15 is 0 Å². The molecule has 0 aromatic heterocycles. The first-order valence-electron chi connectivity index (χ1n) is 6.76. The minimum atomic E-state index is -0.918. The maximum atomic E-state index is 12.8.